The highest BCUT2D eigenvalue weighted by atomic mass is 32.2. The summed E-state index contributed by atoms with van der Waals surface area (Å²) >= 11 is 0.972. The van der Waals surface area contributed by atoms with Crippen molar-refractivity contribution in [3.05, 3.63) is 70.6 Å². The number of rotatable bonds is 6. The molecule has 0 aliphatic carbocycles. The molecule has 0 spiro atoms. The van der Waals surface area contributed by atoms with Crippen molar-refractivity contribution < 1.29 is 14.3 Å². The van der Waals surface area contributed by atoms with Crippen molar-refractivity contribution >= 4 is 29.0 Å². The summed E-state index contributed by atoms with van der Waals surface area (Å²) in [6.45, 7) is 4.35. The van der Waals surface area contributed by atoms with Gasteiger partial charge in [-0.25, -0.2) is 0 Å². The smallest absolute Gasteiger partial charge is 0.293 e. The van der Waals surface area contributed by atoms with Gasteiger partial charge in [-0.1, -0.05) is 55.5 Å². The van der Waals surface area contributed by atoms with Gasteiger partial charge in [0, 0.05) is 5.56 Å². The van der Waals surface area contributed by atoms with Crippen LogP contribution in [0.15, 0.2) is 59.5 Å². The number of ether oxygens (including phenoxy) is 1. The van der Waals surface area contributed by atoms with Gasteiger partial charge in [-0.05, 0) is 42.8 Å². The Balaban J connectivity index is 1.82. The summed E-state index contributed by atoms with van der Waals surface area (Å²) in [5.41, 5.74) is 1.73. The van der Waals surface area contributed by atoms with E-state index in [4.69, 9.17) is 4.74 Å². The molecule has 1 atom stereocenters. The second-order valence-corrected chi connectivity index (χ2v) is 7.12. The van der Waals surface area contributed by atoms with Crippen LogP contribution in [-0.2, 0) is 11.3 Å². The highest BCUT2D eigenvalue weighted by Crippen LogP contribution is 2.35. The van der Waals surface area contributed by atoms with Crippen molar-refractivity contribution in [3.63, 3.8) is 0 Å². The highest BCUT2D eigenvalue weighted by Gasteiger charge is 2.35. The lowest BCUT2D eigenvalue weighted by atomic mass is 10.1. The van der Waals surface area contributed by atoms with Crippen LogP contribution in [0.2, 0.25) is 0 Å². The second-order valence-electron chi connectivity index (χ2n) is 6.13. The van der Waals surface area contributed by atoms with Crippen LogP contribution in [0.3, 0.4) is 0 Å². The molecule has 3 rings (SSSR count). The van der Waals surface area contributed by atoms with Crippen LogP contribution in [0.25, 0.3) is 6.08 Å². The minimum atomic E-state index is -0.262. The number of imide groups is 1. The van der Waals surface area contributed by atoms with Crippen molar-refractivity contribution in [1.29, 1.82) is 0 Å². The molecule has 0 aromatic heterocycles. The van der Waals surface area contributed by atoms with Gasteiger partial charge < -0.3 is 4.74 Å². The van der Waals surface area contributed by atoms with Gasteiger partial charge in [0.15, 0.2) is 0 Å². The van der Waals surface area contributed by atoms with Crippen LogP contribution in [0, 0.1) is 0 Å². The van der Waals surface area contributed by atoms with E-state index in [-0.39, 0.29) is 23.8 Å². The Labute approximate surface area is 157 Å². The van der Waals surface area contributed by atoms with Gasteiger partial charge in [-0.2, -0.15) is 0 Å². The topological polar surface area (TPSA) is 46.6 Å². The van der Waals surface area contributed by atoms with Crippen LogP contribution < -0.4 is 4.74 Å². The maximum Gasteiger partial charge on any atom is 0.293 e. The predicted octanol–water partition coefficient (Wildman–Crippen LogP) is 5.10. The fraction of sp³-hybridized carbons (Fsp3) is 0.238. The van der Waals surface area contributed by atoms with Crippen LogP contribution >= 0.6 is 11.8 Å². The third-order valence-electron chi connectivity index (χ3n) is 4.17. The third kappa shape index (κ3) is 4.17. The zero-order valence-electron chi connectivity index (χ0n) is 14.8. The first-order valence-electron chi connectivity index (χ1n) is 8.63. The molecular weight excluding hydrogens is 346 g/mol. The van der Waals surface area contributed by atoms with E-state index >= 15 is 0 Å². The standard InChI is InChI=1S/C21H21NO3S/c1-3-15(2)25-18-12-8-7-11-17(18)13-19-20(23)22(21(24)26-19)14-16-9-5-4-6-10-16/h4-13,15H,3,14H2,1-2H3/b19-13-. The lowest BCUT2D eigenvalue weighted by Crippen LogP contribution is -2.27. The van der Waals surface area contributed by atoms with Gasteiger partial charge in [0.2, 0.25) is 0 Å². The fourth-order valence-corrected chi connectivity index (χ4v) is 3.38. The van der Waals surface area contributed by atoms with Crippen molar-refractivity contribution in [1.82, 2.24) is 4.90 Å². The molecule has 0 radical (unpaired) electrons. The zero-order chi connectivity index (χ0) is 18.5. The molecule has 1 aliphatic heterocycles. The van der Waals surface area contributed by atoms with Gasteiger partial charge >= 0.3 is 0 Å². The Hall–Kier alpha value is -2.53. The van der Waals surface area contributed by atoms with E-state index in [1.807, 2.05) is 61.5 Å². The molecule has 0 N–H and O–H groups in total. The molecule has 2 amide bonds. The number of hydrogen-bond acceptors (Lipinski definition) is 4. The maximum absolute atomic E-state index is 12.7. The minimum absolute atomic E-state index is 0.0812. The van der Waals surface area contributed by atoms with Gasteiger partial charge in [-0.15, -0.1) is 0 Å². The second kappa shape index (κ2) is 8.23. The number of nitrogens with zero attached hydrogens (tertiary/aromatic N) is 1. The SMILES string of the molecule is CCC(C)Oc1ccccc1/C=C1\SC(=O)N(Cc2ccccc2)C1=O. The molecule has 26 heavy (non-hydrogen) atoms. The van der Waals surface area contributed by atoms with Crippen LogP contribution in [-0.4, -0.2) is 22.2 Å². The molecule has 1 unspecified atom stereocenters. The Morgan fingerprint density at radius 3 is 2.50 bits per heavy atom. The molecule has 1 aliphatic rings. The Kier molecular flexibility index (Phi) is 5.78. The summed E-state index contributed by atoms with van der Waals surface area (Å²) < 4.78 is 5.93. The number of carbonyl (C=O) groups is 2. The average molecular weight is 367 g/mol. The number of carbonyl (C=O) groups excluding carboxylic acids is 2. The first kappa shape index (κ1) is 18.3. The largest absolute Gasteiger partial charge is 0.490 e. The van der Waals surface area contributed by atoms with Crippen LogP contribution in [0.4, 0.5) is 4.79 Å². The van der Waals surface area contributed by atoms with E-state index in [9.17, 15) is 9.59 Å². The minimum Gasteiger partial charge on any atom is -0.490 e. The van der Waals surface area contributed by atoms with Crippen LogP contribution in [0.1, 0.15) is 31.4 Å². The first-order valence-corrected chi connectivity index (χ1v) is 9.45. The van der Waals surface area contributed by atoms with E-state index in [1.54, 1.807) is 6.08 Å². The van der Waals surface area contributed by atoms with E-state index in [2.05, 4.69) is 6.92 Å². The Bertz CT molecular complexity index is 832. The molecule has 0 bridgehead atoms. The quantitative estimate of drug-likeness (QED) is 0.666. The molecule has 1 saturated heterocycles. The molecule has 1 heterocycles. The summed E-state index contributed by atoms with van der Waals surface area (Å²) in [4.78, 5) is 26.7. The molecule has 4 nitrogen and oxygen atoms in total. The van der Waals surface area contributed by atoms with Crippen molar-refractivity contribution in [2.45, 2.75) is 32.9 Å². The lowest BCUT2D eigenvalue weighted by Gasteiger charge is -2.15. The monoisotopic (exact) mass is 367 g/mol. The van der Waals surface area contributed by atoms with Crippen molar-refractivity contribution in [2.75, 3.05) is 0 Å². The summed E-state index contributed by atoms with van der Waals surface area (Å²) in [5, 5.41) is -0.245. The molecule has 134 valence electrons. The third-order valence-corrected chi connectivity index (χ3v) is 5.07. The molecular formula is C21H21NO3S. The zero-order valence-corrected chi connectivity index (χ0v) is 15.7. The Morgan fingerprint density at radius 1 is 1.08 bits per heavy atom. The van der Waals surface area contributed by atoms with E-state index in [1.165, 1.54) is 4.90 Å². The van der Waals surface area contributed by atoms with E-state index in [0.29, 0.717) is 4.91 Å². The predicted molar refractivity (Wildman–Crippen MR) is 105 cm³/mol. The molecule has 5 heteroatoms. The van der Waals surface area contributed by atoms with Gasteiger partial charge in [-0.3, -0.25) is 14.5 Å². The average Bonchev–Trinajstić information content (AvgIpc) is 2.91. The fourth-order valence-electron chi connectivity index (χ4n) is 2.55. The van der Waals surface area contributed by atoms with E-state index in [0.717, 1.165) is 35.1 Å². The summed E-state index contributed by atoms with van der Waals surface area (Å²) in [7, 11) is 0. The van der Waals surface area contributed by atoms with E-state index < -0.39 is 0 Å². The number of para-hydroxylation sites is 1. The first-order chi connectivity index (χ1) is 12.6. The lowest BCUT2D eigenvalue weighted by molar-refractivity contribution is -0.123. The van der Waals surface area contributed by atoms with Gasteiger partial charge in [0.25, 0.3) is 11.1 Å². The van der Waals surface area contributed by atoms with Gasteiger partial charge in [0.05, 0.1) is 17.6 Å². The molecule has 2 aromatic rings. The van der Waals surface area contributed by atoms with Crippen molar-refractivity contribution in [3.8, 4) is 5.75 Å². The summed E-state index contributed by atoms with van der Waals surface area (Å²) in [5.74, 6) is 0.457. The summed E-state index contributed by atoms with van der Waals surface area (Å²) in [6, 6.07) is 17.1. The maximum atomic E-state index is 12.7. The molecule has 2 aromatic carbocycles. The summed E-state index contributed by atoms with van der Waals surface area (Å²) in [6.07, 6.45) is 2.72. The molecule has 1 fully saturated rings. The molecule has 0 saturated carbocycles. The number of hydrogen-bond donors (Lipinski definition) is 0. The normalized spacial score (nSPS) is 17.0. The number of amides is 2. The highest BCUT2D eigenvalue weighted by molar-refractivity contribution is 8.18. The Morgan fingerprint density at radius 2 is 1.77 bits per heavy atom. The number of benzene rings is 2. The van der Waals surface area contributed by atoms with Crippen molar-refractivity contribution in [2.24, 2.45) is 0 Å². The van der Waals surface area contributed by atoms with Gasteiger partial charge in [0.1, 0.15) is 5.75 Å². The van der Waals surface area contributed by atoms with Crippen LogP contribution in [0.5, 0.6) is 5.75 Å². The number of thioether (sulfide) groups is 1.